The van der Waals surface area contributed by atoms with Crippen LogP contribution in [0.1, 0.15) is 17.3 Å². The molecule has 2 rings (SSSR count). The lowest BCUT2D eigenvalue weighted by atomic mass is 10.2. The largest absolute Gasteiger partial charge is 0.573 e. The Labute approximate surface area is 152 Å². The van der Waals surface area contributed by atoms with E-state index in [4.69, 9.17) is 9.47 Å². The summed E-state index contributed by atoms with van der Waals surface area (Å²) in [6, 6.07) is 10.8. The molecule has 0 aliphatic carbocycles. The van der Waals surface area contributed by atoms with Crippen LogP contribution in [0, 0.1) is 0 Å². The van der Waals surface area contributed by atoms with Crippen LogP contribution in [0.4, 0.5) is 18.9 Å². The van der Waals surface area contributed by atoms with Crippen LogP contribution in [0.2, 0.25) is 0 Å². The van der Waals surface area contributed by atoms with Crippen molar-refractivity contribution in [3.8, 4) is 11.5 Å². The van der Waals surface area contributed by atoms with Crippen LogP contribution in [0.15, 0.2) is 48.5 Å². The number of ether oxygens (including phenoxy) is 3. The topological polar surface area (TPSA) is 73.9 Å². The van der Waals surface area contributed by atoms with E-state index in [2.05, 4.69) is 10.1 Å². The Bertz CT molecular complexity index is 790. The van der Waals surface area contributed by atoms with Crippen LogP contribution < -0.4 is 14.8 Å². The van der Waals surface area contributed by atoms with Crippen molar-refractivity contribution >= 4 is 17.6 Å². The fourth-order valence-corrected chi connectivity index (χ4v) is 2.02. The molecule has 0 saturated carbocycles. The second-order valence-corrected chi connectivity index (χ2v) is 5.15. The Morgan fingerprint density at radius 1 is 1.04 bits per heavy atom. The molecule has 0 heterocycles. The van der Waals surface area contributed by atoms with E-state index in [0.29, 0.717) is 11.4 Å². The van der Waals surface area contributed by atoms with Crippen LogP contribution in [0.25, 0.3) is 0 Å². The summed E-state index contributed by atoms with van der Waals surface area (Å²) in [4.78, 5) is 23.5. The fourth-order valence-electron chi connectivity index (χ4n) is 2.02. The molecule has 0 fully saturated rings. The Morgan fingerprint density at radius 3 is 2.37 bits per heavy atom. The van der Waals surface area contributed by atoms with Gasteiger partial charge in [0.2, 0.25) is 0 Å². The maximum absolute atomic E-state index is 12.2. The number of benzene rings is 2. The monoisotopic (exact) mass is 383 g/mol. The Hall–Kier alpha value is -3.23. The summed E-state index contributed by atoms with van der Waals surface area (Å²) >= 11 is 0. The minimum absolute atomic E-state index is 0.141. The van der Waals surface area contributed by atoms with Gasteiger partial charge in [0, 0.05) is 17.3 Å². The molecule has 1 amide bonds. The highest BCUT2D eigenvalue weighted by molar-refractivity contribution is 6.04. The number of hydrogen-bond donors (Lipinski definition) is 1. The van der Waals surface area contributed by atoms with Crippen LogP contribution in [-0.4, -0.2) is 31.5 Å². The summed E-state index contributed by atoms with van der Waals surface area (Å²) in [5.41, 5.74) is 0.527. The van der Waals surface area contributed by atoms with Crippen molar-refractivity contribution in [3.63, 3.8) is 0 Å². The third-order valence-corrected chi connectivity index (χ3v) is 3.10. The molecule has 0 aromatic heterocycles. The summed E-state index contributed by atoms with van der Waals surface area (Å²) in [6.45, 7) is 1.65. The van der Waals surface area contributed by atoms with Crippen molar-refractivity contribution in [2.75, 3.05) is 18.5 Å². The number of amides is 1. The van der Waals surface area contributed by atoms with Gasteiger partial charge in [-0.3, -0.25) is 4.79 Å². The number of carbonyl (C=O) groups excluding carboxylic acids is 2. The standard InChI is InChI=1S/C18H16F3NO5/c1-2-25-16(23)11-26-15-5-3-4-13(10-15)22-17(24)12-6-8-14(9-7-12)27-18(19,20)21/h3-10H,2,11H2,1H3,(H,22,24). The SMILES string of the molecule is CCOC(=O)COc1cccc(NC(=O)c2ccc(OC(F)(F)F)cc2)c1. The number of halogens is 3. The van der Waals surface area contributed by atoms with Gasteiger partial charge in [0.05, 0.1) is 6.61 Å². The quantitative estimate of drug-likeness (QED) is 0.737. The van der Waals surface area contributed by atoms with Crippen molar-refractivity contribution in [1.29, 1.82) is 0 Å². The Morgan fingerprint density at radius 2 is 1.74 bits per heavy atom. The number of carbonyl (C=O) groups is 2. The summed E-state index contributed by atoms with van der Waals surface area (Å²) < 4.78 is 50.2. The average Bonchev–Trinajstić information content (AvgIpc) is 2.60. The second kappa shape index (κ2) is 8.93. The molecule has 9 heteroatoms. The van der Waals surface area contributed by atoms with Gasteiger partial charge in [-0.1, -0.05) is 6.07 Å². The minimum atomic E-state index is -4.80. The molecule has 0 bridgehead atoms. The van der Waals surface area contributed by atoms with Gasteiger partial charge in [0.25, 0.3) is 5.91 Å². The van der Waals surface area contributed by atoms with Crippen LogP contribution in [0.3, 0.4) is 0 Å². The van der Waals surface area contributed by atoms with E-state index in [1.165, 1.54) is 18.2 Å². The van der Waals surface area contributed by atoms with Gasteiger partial charge >= 0.3 is 12.3 Å². The van der Waals surface area contributed by atoms with Crippen LogP contribution in [0.5, 0.6) is 11.5 Å². The van der Waals surface area contributed by atoms with Gasteiger partial charge < -0.3 is 19.5 Å². The predicted molar refractivity (Wildman–Crippen MR) is 89.6 cm³/mol. The maximum atomic E-state index is 12.2. The Kier molecular flexibility index (Phi) is 6.64. The molecule has 2 aromatic carbocycles. The van der Waals surface area contributed by atoms with Gasteiger partial charge in [0.1, 0.15) is 11.5 Å². The molecule has 0 saturated heterocycles. The highest BCUT2D eigenvalue weighted by Gasteiger charge is 2.31. The van der Waals surface area contributed by atoms with Crippen molar-refractivity contribution in [1.82, 2.24) is 0 Å². The first kappa shape index (κ1) is 20.1. The fraction of sp³-hybridized carbons (Fsp3) is 0.222. The molecule has 0 unspecified atom stereocenters. The van der Waals surface area contributed by atoms with Crippen molar-refractivity contribution in [2.24, 2.45) is 0 Å². The normalized spacial score (nSPS) is 10.8. The summed E-state index contributed by atoms with van der Waals surface area (Å²) in [6.07, 6.45) is -4.80. The van der Waals surface area contributed by atoms with Crippen molar-refractivity contribution in [3.05, 3.63) is 54.1 Å². The van der Waals surface area contributed by atoms with E-state index in [-0.39, 0.29) is 18.8 Å². The van der Waals surface area contributed by atoms with E-state index >= 15 is 0 Å². The predicted octanol–water partition coefficient (Wildman–Crippen LogP) is 3.78. The third-order valence-electron chi connectivity index (χ3n) is 3.10. The lowest BCUT2D eigenvalue weighted by molar-refractivity contribution is -0.274. The lowest BCUT2D eigenvalue weighted by Crippen LogP contribution is -2.17. The third kappa shape index (κ3) is 6.89. The number of alkyl halides is 3. The molecule has 6 nitrogen and oxygen atoms in total. The molecule has 0 aliphatic rings. The zero-order valence-electron chi connectivity index (χ0n) is 14.2. The summed E-state index contributed by atoms with van der Waals surface area (Å²) in [7, 11) is 0. The van der Waals surface area contributed by atoms with E-state index < -0.39 is 24.0 Å². The summed E-state index contributed by atoms with van der Waals surface area (Å²) in [5.74, 6) is -1.13. The van der Waals surface area contributed by atoms with E-state index in [1.54, 1.807) is 25.1 Å². The number of esters is 1. The van der Waals surface area contributed by atoms with Gasteiger partial charge in [-0.25, -0.2) is 4.79 Å². The highest BCUT2D eigenvalue weighted by atomic mass is 19.4. The van der Waals surface area contributed by atoms with Gasteiger partial charge in [-0.2, -0.15) is 0 Å². The van der Waals surface area contributed by atoms with Crippen LogP contribution >= 0.6 is 0 Å². The molecule has 27 heavy (non-hydrogen) atoms. The molecular weight excluding hydrogens is 367 g/mol. The van der Waals surface area contributed by atoms with Crippen molar-refractivity contribution in [2.45, 2.75) is 13.3 Å². The molecule has 1 N–H and O–H groups in total. The molecule has 0 aliphatic heterocycles. The Balaban J connectivity index is 1.97. The molecular formula is C18H16F3NO5. The van der Waals surface area contributed by atoms with E-state index in [9.17, 15) is 22.8 Å². The van der Waals surface area contributed by atoms with Gasteiger partial charge in [-0.05, 0) is 43.3 Å². The zero-order valence-corrected chi connectivity index (χ0v) is 14.2. The molecule has 2 aromatic rings. The molecule has 0 radical (unpaired) electrons. The molecule has 0 atom stereocenters. The van der Waals surface area contributed by atoms with Gasteiger partial charge in [0.15, 0.2) is 6.61 Å². The number of hydrogen-bond acceptors (Lipinski definition) is 5. The minimum Gasteiger partial charge on any atom is -0.482 e. The summed E-state index contributed by atoms with van der Waals surface area (Å²) in [5, 5.41) is 2.58. The first-order valence-corrected chi connectivity index (χ1v) is 7.82. The van der Waals surface area contributed by atoms with E-state index in [1.807, 2.05) is 0 Å². The van der Waals surface area contributed by atoms with E-state index in [0.717, 1.165) is 12.1 Å². The zero-order chi connectivity index (χ0) is 19.9. The second-order valence-electron chi connectivity index (χ2n) is 5.15. The molecule has 144 valence electrons. The lowest BCUT2D eigenvalue weighted by Gasteiger charge is -2.10. The van der Waals surface area contributed by atoms with Gasteiger partial charge in [-0.15, -0.1) is 13.2 Å². The highest BCUT2D eigenvalue weighted by Crippen LogP contribution is 2.23. The first-order chi connectivity index (χ1) is 12.8. The number of anilines is 1. The number of nitrogens with one attached hydrogen (secondary N) is 1. The average molecular weight is 383 g/mol. The smallest absolute Gasteiger partial charge is 0.482 e. The van der Waals surface area contributed by atoms with Crippen molar-refractivity contribution < 1.29 is 37.0 Å². The first-order valence-electron chi connectivity index (χ1n) is 7.82. The maximum Gasteiger partial charge on any atom is 0.573 e. The van der Waals surface area contributed by atoms with Crippen LogP contribution in [-0.2, 0) is 9.53 Å². The number of rotatable bonds is 7. The molecule has 0 spiro atoms.